The molecule has 1 amide bonds. The number of hydrogen-bond donors (Lipinski definition) is 1. The second-order valence-corrected chi connectivity index (χ2v) is 7.59. The van der Waals surface area contributed by atoms with Gasteiger partial charge in [-0.15, -0.1) is 0 Å². The molecule has 1 aromatic rings. The van der Waals surface area contributed by atoms with Crippen LogP contribution in [0.4, 0.5) is 5.69 Å². The summed E-state index contributed by atoms with van der Waals surface area (Å²) in [6.45, 7) is 7.98. The zero-order chi connectivity index (χ0) is 18.4. The van der Waals surface area contributed by atoms with Gasteiger partial charge >= 0.3 is 0 Å². The Morgan fingerprint density at radius 1 is 1.23 bits per heavy atom. The van der Waals surface area contributed by atoms with E-state index in [0.29, 0.717) is 12.6 Å². The number of carbonyl (C=O) groups excluding carboxylic acids is 1. The van der Waals surface area contributed by atoms with Crippen LogP contribution >= 0.6 is 0 Å². The lowest BCUT2D eigenvalue weighted by Crippen LogP contribution is -2.42. The first-order valence-corrected chi connectivity index (χ1v) is 9.93. The van der Waals surface area contributed by atoms with Crippen molar-refractivity contribution in [2.45, 2.75) is 58.2 Å². The van der Waals surface area contributed by atoms with Gasteiger partial charge in [0.15, 0.2) is 0 Å². The standard InChI is InChI=1S/C21H32N2O3/c1-16-6-5-8-20(17(16)2)22-21(24)14-23-11-9-18(10-12-23)26-15-19-7-3-4-13-25-19/h5-6,8,18-19H,3-4,7,9-15H2,1-2H3,(H,22,24). The quantitative estimate of drug-likeness (QED) is 0.846. The molecule has 2 aliphatic rings. The molecule has 0 aromatic heterocycles. The van der Waals surface area contributed by atoms with E-state index in [-0.39, 0.29) is 12.0 Å². The van der Waals surface area contributed by atoms with Crippen molar-refractivity contribution in [2.24, 2.45) is 0 Å². The van der Waals surface area contributed by atoms with E-state index in [4.69, 9.17) is 9.47 Å². The Hall–Kier alpha value is -1.43. The molecule has 0 radical (unpaired) electrons. The molecule has 0 spiro atoms. The van der Waals surface area contributed by atoms with Crippen molar-refractivity contribution in [1.29, 1.82) is 0 Å². The van der Waals surface area contributed by atoms with Gasteiger partial charge in [-0.1, -0.05) is 12.1 Å². The number of rotatable bonds is 6. The van der Waals surface area contributed by atoms with Gasteiger partial charge in [0.05, 0.1) is 25.4 Å². The molecule has 0 bridgehead atoms. The predicted octanol–water partition coefficient (Wildman–Crippen LogP) is 3.29. The summed E-state index contributed by atoms with van der Waals surface area (Å²) in [6.07, 6.45) is 6.12. The van der Waals surface area contributed by atoms with Crippen LogP contribution < -0.4 is 5.32 Å². The van der Waals surface area contributed by atoms with E-state index in [0.717, 1.165) is 56.8 Å². The summed E-state index contributed by atoms with van der Waals surface area (Å²) in [5.74, 6) is 0.0636. The number of hydrogen-bond acceptors (Lipinski definition) is 4. The highest BCUT2D eigenvalue weighted by atomic mass is 16.5. The highest BCUT2D eigenvalue weighted by molar-refractivity contribution is 5.93. The number of amides is 1. The molecule has 5 heteroatoms. The zero-order valence-corrected chi connectivity index (χ0v) is 16.1. The van der Waals surface area contributed by atoms with Crippen LogP contribution in [0, 0.1) is 13.8 Å². The van der Waals surface area contributed by atoms with Gasteiger partial charge in [-0.05, 0) is 63.1 Å². The Balaban J connectivity index is 1.36. The van der Waals surface area contributed by atoms with E-state index in [9.17, 15) is 4.79 Å². The molecule has 1 atom stereocenters. The van der Waals surface area contributed by atoms with Crippen molar-refractivity contribution in [3.8, 4) is 0 Å². The van der Waals surface area contributed by atoms with E-state index in [2.05, 4.69) is 23.2 Å². The molecular formula is C21H32N2O3. The van der Waals surface area contributed by atoms with Gasteiger partial charge in [-0.25, -0.2) is 0 Å². The maximum Gasteiger partial charge on any atom is 0.238 e. The SMILES string of the molecule is Cc1cccc(NC(=O)CN2CCC(OCC3CCCCO3)CC2)c1C. The maximum atomic E-state index is 12.4. The number of nitrogens with zero attached hydrogens (tertiary/aromatic N) is 1. The Bertz CT molecular complexity index is 591. The number of likely N-dealkylation sites (tertiary alicyclic amines) is 1. The summed E-state index contributed by atoms with van der Waals surface area (Å²) in [4.78, 5) is 14.6. The Morgan fingerprint density at radius 2 is 2.04 bits per heavy atom. The third-order valence-corrected chi connectivity index (χ3v) is 5.57. The first-order valence-electron chi connectivity index (χ1n) is 9.93. The van der Waals surface area contributed by atoms with Gasteiger partial charge in [-0.2, -0.15) is 0 Å². The molecule has 1 unspecified atom stereocenters. The smallest absolute Gasteiger partial charge is 0.238 e. The lowest BCUT2D eigenvalue weighted by Gasteiger charge is -2.32. The summed E-state index contributed by atoms with van der Waals surface area (Å²) in [5, 5.41) is 3.05. The molecule has 1 aromatic carbocycles. The number of benzene rings is 1. The monoisotopic (exact) mass is 360 g/mol. The third kappa shape index (κ3) is 5.53. The second-order valence-electron chi connectivity index (χ2n) is 7.59. The molecule has 26 heavy (non-hydrogen) atoms. The molecule has 2 aliphatic heterocycles. The fraction of sp³-hybridized carbons (Fsp3) is 0.667. The van der Waals surface area contributed by atoms with Crippen molar-refractivity contribution in [3.63, 3.8) is 0 Å². The lowest BCUT2D eigenvalue weighted by atomic mass is 10.1. The Labute approximate surface area is 157 Å². The van der Waals surface area contributed by atoms with Crippen molar-refractivity contribution >= 4 is 11.6 Å². The fourth-order valence-electron chi connectivity index (χ4n) is 3.70. The van der Waals surface area contributed by atoms with Crippen LogP contribution in [0.1, 0.15) is 43.2 Å². The number of carbonyl (C=O) groups is 1. The summed E-state index contributed by atoms with van der Waals surface area (Å²) in [5.41, 5.74) is 3.25. The molecule has 3 rings (SSSR count). The van der Waals surface area contributed by atoms with Gasteiger partial charge < -0.3 is 14.8 Å². The highest BCUT2D eigenvalue weighted by Crippen LogP contribution is 2.19. The van der Waals surface area contributed by atoms with Crippen molar-refractivity contribution in [3.05, 3.63) is 29.3 Å². The second kappa shape index (κ2) is 9.49. The van der Waals surface area contributed by atoms with Crippen LogP contribution in [-0.4, -0.2) is 55.9 Å². The van der Waals surface area contributed by atoms with Crippen molar-refractivity contribution in [2.75, 3.05) is 38.2 Å². The normalized spacial score (nSPS) is 22.3. The van der Waals surface area contributed by atoms with E-state index < -0.39 is 0 Å². The number of aryl methyl sites for hydroxylation is 1. The molecule has 0 saturated carbocycles. The van der Waals surface area contributed by atoms with Crippen LogP contribution in [0.2, 0.25) is 0 Å². The number of nitrogens with one attached hydrogen (secondary N) is 1. The van der Waals surface area contributed by atoms with Gasteiger partial charge in [0.25, 0.3) is 0 Å². The van der Waals surface area contributed by atoms with Crippen LogP contribution in [0.15, 0.2) is 18.2 Å². The van der Waals surface area contributed by atoms with E-state index in [1.165, 1.54) is 18.4 Å². The van der Waals surface area contributed by atoms with Crippen LogP contribution in [-0.2, 0) is 14.3 Å². The van der Waals surface area contributed by atoms with Crippen molar-refractivity contribution < 1.29 is 14.3 Å². The van der Waals surface area contributed by atoms with E-state index >= 15 is 0 Å². The number of anilines is 1. The van der Waals surface area contributed by atoms with Crippen molar-refractivity contribution in [1.82, 2.24) is 4.90 Å². The summed E-state index contributed by atoms with van der Waals surface area (Å²) >= 11 is 0. The highest BCUT2D eigenvalue weighted by Gasteiger charge is 2.23. The van der Waals surface area contributed by atoms with Crippen LogP contribution in [0.5, 0.6) is 0 Å². The number of piperidine rings is 1. The van der Waals surface area contributed by atoms with Gasteiger partial charge in [0.1, 0.15) is 0 Å². The van der Waals surface area contributed by atoms with Crippen LogP contribution in [0.3, 0.4) is 0 Å². The maximum absolute atomic E-state index is 12.4. The zero-order valence-electron chi connectivity index (χ0n) is 16.1. The average Bonchev–Trinajstić information content (AvgIpc) is 2.66. The van der Waals surface area contributed by atoms with E-state index in [1.807, 2.05) is 19.1 Å². The summed E-state index contributed by atoms with van der Waals surface area (Å²) < 4.78 is 11.8. The molecule has 5 nitrogen and oxygen atoms in total. The molecular weight excluding hydrogens is 328 g/mol. The minimum absolute atomic E-state index is 0.0636. The van der Waals surface area contributed by atoms with Crippen LogP contribution in [0.25, 0.3) is 0 Å². The predicted molar refractivity (Wildman–Crippen MR) is 104 cm³/mol. The van der Waals surface area contributed by atoms with Gasteiger partial charge in [-0.3, -0.25) is 9.69 Å². The van der Waals surface area contributed by atoms with E-state index in [1.54, 1.807) is 0 Å². The minimum atomic E-state index is 0.0636. The largest absolute Gasteiger partial charge is 0.376 e. The van der Waals surface area contributed by atoms with Gasteiger partial charge in [0.2, 0.25) is 5.91 Å². The lowest BCUT2D eigenvalue weighted by molar-refractivity contribution is -0.118. The average molecular weight is 360 g/mol. The Kier molecular flexibility index (Phi) is 7.06. The molecule has 144 valence electrons. The number of ether oxygens (including phenoxy) is 2. The Morgan fingerprint density at radius 3 is 2.77 bits per heavy atom. The summed E-state index contributed by atoms with van der Waals surface area (Å²) in [6, 6.07) is 6.01. The molecule has 1 N–H and O–H groups in total. The first-order chi connectivity index (χ1) is 12.6. The molecule has 2 saturated heterocycles. The topological polar surface area (TPSA) is 50.8 Å². The minimum Gasteiger partial charge on any atom is -0.376 e. The fourth-order valence-corrected chi connectivity index (χ4v) is 3.70. The molecule has 0 aliphatic carbocycles. The van der Waals surface area contributed by atoms with Gasteiger partial charge in [0, 0.05) is 25.4 Å². The third-order valence-electron chi connectivity index (χ3n) is 5.57. The molecule has 2 fully saturated rings. The molecule has 2 heterocycles. The first kappa shape index (κ1) is 19.3. The summed E-state index contributed by atoms with van der Waals surface area (Å²) in [7, 11) is 0.